The first-order chi connectivity index (χ1) is 7.71. The Bertz CT molecular complexity index is 212. The summed E-state index contributed by atoms with van der Waals surface area (Å²) in [6, 6.07) is 0. The van der Waals surface area contributed by atoms with Gasteiger partial charge in [0.25, 0.3) is 0 Å². The minimum atomic E-state index is -0.651. The molecule has 0 saturated carbocycles. The molecule has 16 heavy (non-hydrogen) atoms. The van der Waals surface area contributed by atoms with Gasteiger partial charge in [-0.2, -0.15) is 0 Å². The average molecular weight is 229 g/mol. The summed E-state index contributed by atoms with van der Waals surface area (Å²) < 4.78 is 0. The number of aliphatic hydroxyl groups is 1. The summed E-state index contributed by atoms with van der Waals surface area (Å²) in [5.74, 6) is -0.651. The van der Waals surface area contributed by atoms with E-state index in [1.165, 1.54) is 0 Å². The Morgan fingerprint density at radius 3 is 2.56 bits per heavy atom. The van der Waals surface area contributed by atoms with Gasteiger partial charge >= 0.3 is 5.97 Å². The zero-order valence-electron chi connectivity index (χ0n) is 9.87. The first-order valence-electron chi connectivity index (χ1n) is 6.26. The quantitative estimate of drug-likeness (QED) is 0.577. The highest BCUT2D eigenvalue weighted by Gasteiger charge is 2.38. The Labute approximate surface area is 97.0 Å². The molecule has 1 heterocycles. The van der Waals surface area contributed by atoms with E-state index in [2.05, 4.69) is 5.32 Å². The number of carbonyl (C=O) groups is 1. The van der Waals surface area contributed by atoms with Gasteiger partial charge in [-0.25, -0.2) is 0 Å². The SMILES string of the molecule is O=C(O)C1(CCCCCCO)CCCNC1. The Morgan fingerprint density at radius 1 is 1.25 bits per heavy atom. The van der Waals surface area contributed by atoms with Crippen LogP contribution in [0.15, 0.2) is 0 Å². The van der Waals surface area contributed by atoms with Crippen LogP contribution in [0.2, 0.25) is 0 Å². The Hall–Kier alpha value is -0.610. The zero-order chi connectivity index (χ0) is 11.9. The monoisotopic (exact) mass is 229 g/mol. The molecule has 0 aromatic heterocycles. The van der Waals surface area contributed by atoms with E-state index in [9.17, 15) is 9.90 Å². The first kappa shape index (κ1) is 13.5. The van der Waals surface area contributed by atoms with Gasteiger partial charge in [0.15, 0.2) is 0 Å². The number of aliphatic carboxylic acids is 1. The lowest BCUT2D eigenvalue weighted by atomic mass is 9.76. The lowest BCUT2D eigenvalue weighted by Crippen LogP contribution is -2.45. The molecule has 3 N–H and O–H groups in total. The maximum absolute atomic E-state index is 11.3. The van der Waals surface area contributed by atoms with Gasteiger partial charge in [0, 0.05) is 13.2 Å². The van der Waals surface area contributed by atoms with E-state index in [0.29, 0.717) is 6.54 Å². The minimum absolute atomic E-state index is 0.242. The standard InChI is InChI=1S/C12H23NO3/c14-9-4-2-1-3-6-12(11(15)16)7-5-8-13-10-12/h13-14H,1-10H2,(H,15,16). The van der Waals surface area contributed by atoms with Crippen LogP contribution in [0.5, 0.6) is 0 Å². The lowest BCUT2D eigenvalue weighted by Gasteiger charge is -2.33. The zero-order valence-corrected chi connectivity index (χ0v) is 9.87. The Balaban J connectivity index is 2.30. The number of nitrogens with one attached hydrogen (secondary N) is 1. The largest absolute Gasteiger partial charge is 0.481 e. The van der Waals surface area contributed by atoms with Crippen molar-refractivity contribution in [1.82, 2.24) is 5.32 Å². The van der Waals surface area contributed by atoms with Gasteiger partial charge in [-0.15, -0.1) is 0 Å². The van der Waals surface area contributed by atoms with Crippen molar-refractivity contribution in [2.24, 2.45) is 5.41 Å². The Kier molecular flexibility index (Phi) is 5.77. The maximum atomic E-state index is 11.3. The van der Waals surface area contributed by atoms with Gasteiger partial charge < -0.3 is 15.5 Å². The van der Waals surface area contributed by atoms with Gasteiger partial charge in [-0.05, 0) is 32.2 Å². The van der Waals surface area contributed by atoms with Gasteiger partial charge in [0.1, 0.15) is 0 Å². The van der Waals surface area contributed by atoms with Crippen molar-refractivity contribution in [3.05, 3.63) is 0 Å². The van der Waals surface area contributed by atoms with Gasteiger partial charge in [-0.1, -0.05) is 19.3 Å². The highest BCUT2D eigenvalue weighted by Crippen LogP contribution is 2.32. The van der Waals surface area contributed by atoms with Crippen LogP contribution in [-0.4, -0.2) is 35.9 Å². The molecule has 1 saturated heterocycles. The van der Waals surface area contributed by atoms with Crippen LogP contribution < -0.4 is 5.32 Å². The number of hydrogen-bond acceptors (Lipinski definition) is 3. The third-order valence-electron chi connectivity index (χ3n) is 3.49. The first-order valence-corrected chi connectivity index (χ1v) is 6.26. The smallest absolute Gasteiger partial charge is 0.310 e. The van der Waals surface area contributed by atoms with Gasteiger partial charge in [0.05, 0.1) is 5.41 Å². The molecule has 1 aliphatic heterocycles. The molecule has 4 nitrogen and oxygen atoms in total. The maximum Gasteiger partial charge on any atom is 0.310 e. The second-order valence-corrected chi connectivity index (χ2v) is 4.75. The predicted octanol–water partition coefficient (Wildman–Crippen LogP) is 1.38. The third kappa shape index (κ3) is 3.76. The number of rotatable bonds is 7. The summed E-state index contributed by atoms with van der Waals surface area (Å²) in [7, 11) is 0. The fourth-order valence-electron chi connectivity index (χ4n) is 2.40. The normalized spacial score (nSPS) is 25.6. The highest BCUT2D eigenvalue weighted by molar-refractivity contribution is 5.75. The molecule has 1 atom stereocenters. The number of hydrogen-bond donors (Lipinski definition) is 3. The van der Waals surface area contributed by atoms with Crippen molar-refractivity contribution in [2.45, 2.75) is 44.9 Å². The average Bonchev–Trinajstić information content (AvgIpc) is 2.30. The molecule has 0 spiro atoms. The summed E-state index contributed by atoms with van der Waals surface area (Å²) in [5.41, 5.74) is -0.530. The molecular weight excluding hydrogens is 206 g/mol. The van der Waals surface area contributed by atoms with Gasteiger partial charge in [0.2, 0.25) is 0 Å². The van der Waals surface area contributed by atoms with Crippen molar-refractivity contribution >= 4 is 5.97 Å². The molecule has 0 aliphatic carbocycles. The number of aliphatic hydroxyl groups excluding tert-OH is 1. The molecule has 0 aromatic carbocycles. The lowest BCUT2D eigenvalue weighted by molar-refractivity contribution is -0.150. The molecule has 0 aromatic rings. The van der Waals surface area contributed by atoms with Crippen molar-refractivity contribution in [2.75, 3.05) is 19.7 Å². The molecule has 0 bridgehead atoms. The van der Waals surface area contributed by atoms with Crippen LogP contribution in [0.25, 0.3) is 0 Å². The topological polar surface area (TPSA) is 69.6 Å². The molecule has 0 amide bonds. The third-order valence-corrected chi connectivity index (χ3v) is 3.49. The van der Waals surface area contributed by atoms with Crippen LogP contribution in [0.1, 0.15) is 44.9 Å². The molecule has 94 valence electrons. The molecule has 1 aliphatic rings. The van der Waals surface area contributed by atoms with E-state index >= 15 is 0 Å². The number of piperidine rings is 1. The predicted molar refractivity (Wildman–Crippen MR) is 62.3 cm³/mol. The van der Waals surface area contributed by atoms with Crippen molar-refractivity contribution in [1.29, 1.82) is 0 Å². The van der Waals surface area contributed by atoms with Crippen LogP contribution in [0, 0.1) is 5.41 Å². The van der Waals surface area contributed by atoms with Crippen molar-refractivity contribution in [3.8, 4) is 0 Å². The molecular formula is C12H23NO3. The second-order valence-electron chi connectivity index (χ2n) is 4.75. The van der Waals surface area contributed by atoms with Crippen LogP contribution in [-0.2, 0) is 4.79 Å². The number of carboxylic acids is 1. The fourth-order valence-corrected chi connectivity index (χ4v) is 2.40. The molecule has 0 radical (unpaired) electrons. The van der Waals surface area contributed by atoms with Crippen LogP contribution in [0.3, 0.4) is 0 Å². The van der Waals surface area contributed by atoms with E-state index in [1.54, 1.807) is 0 Å². The summed E-state index contributed by atoms with van der Waals surface area (Å²) in [5, 5.41) is 21.1. The number of unbranched alkanes of at least 4 members (excludes halogenated alkanes) is 3. The van der Waals surface area contributed by atoms with E-state index in [-0.39, 0.29) is 6.61 Å². The van der Waals surface area contributed by atoms with E-state index in [0.717, 1.165) is 51.5 Å². The van der Waals surface area contributed by atoms with Crippen LogP contribution >= 0.6 is 0 Å². The molecule has 1 rings (SSSR count). The molecule has 4 heteroatoms. The second kappa shape index (κ2) is 6.86. The van der Waals surface area contributed by atoms with Crippen molar-refractivity contribution < 1.29 is 15.0 Å². The fraction of sp³-hybridized carbons (Fsp3) is 0.917. The summed E-state index contributed by atoms with van der Waals surface area (Å²) in [6.45, 7) is 1.80. The van der Waals surface area contributed by atoms with E-state index in [4.69, 9.17) is 5.11 Å². The van der Waals surface area contributed by atoms with Crippen molar-refractivity contribution in [3.63, 3.8) is 0 Å². The highest BCUT2D eigenvalue weighted by atomic mass is 16.4. The molecule has 1 unspecified atom stereocenters. The summed E-state index contributed by atoms with van der Waals surface area (Å²) in [4.78, 5) is 11.3. The minimum Gasteiger partial charge on any atom is -0.481 e. The molecule has 1 fully saturated rings. The van der Waals surface area contributed by atoms with Gasteiger partial charge in [-0.3, -0.25) is 4.79 Å². The summed E-state index contributed by atoms with van der Waals surface area (Å²) >= 11 is 0. The van der Waals surface area contributed by atoms with E-state index < -0.39 is 11.4 Å². The Morgan fingerprint density at radius 2 is 2.00 bits per heavy atom. The number of carboxylic acid groups (broad SMARTS) is 1. The van der Waals surface area contributed by atoms with E-state index in [1.807, 2.05) is 0 Å². The van der Waals surface area contributed by atoms with Crippen LogP contribution in [0.4, 0.5) is 0 Å². The summed E-state index contributed by atoms with van der Waals surface area (Å²) in [6.07, 6.45) is 6.33.